The number of carbonyl (C=O) groups excluding carboxylic acids is 1. The Bertz CT molecular complexity index is 1220. The first-order valence-electron chi connectivity index (χ1n) is 9.55. The summed E-state index contributed by atoms with van der Waals surface area (Å²) in [7, 11) is 0. The lowest BCUT2D eigenvalue weighted by Gasteiger charge is -2.15. The molecular formula is C24H22N4O2. The van der Waals surface area contributed by atoms with Crippen LogP contribution in [-0.4, -0.2) is 15.9 Å². The summed E-state index contributed by atoms with van der Waals surface area (Å²) in [5.74, 6) is 5.65. The van der Waals surface area contributed by atoms with Crippen molar-refractivity contribution in [1.29, 1.82) is 0 Å². The molecule has 4 aromatic rings. The average Bonchev–Trinajstić information content (AvgIpc) is 3.25. The van der Waals surface area contributed by atoms with Gasteiger partial charge in [0.1, 0.15) is 5.75 Å². The second-order valence-electron chi connectivity index (χ2n) is 7.05. The molecule has 2 aromatic carbocycles. The van der Waals surface area contributed by atoms with Gasteiger partial charge in [-0.25, -0.2) is 5.84 Å². The van der Waals surface area contributed by atoms with Crippen molar-refractivity contribution in [2.45, 2.75) is 13.8 Å². The molecule has 0 fully saturated rings. The maximum absolute atomic E-state index is 12.5. The van der Waals surface area contributed by atoms with E-state index in [2.05, 4.69) is 15.4 Å². The Morgan fingerprint density at radius 1 is 1.10 bits per heavy atom. The second kappa shape index (κ2) is 8.23. The molecular weight excluding hydrogens is 376 g/mol. The van der Waals surface area contributed by atoms with Gasteiger partial charge in [-0.1, -0.05) is 18.2 Å². The van der Waals surface area contributed by atoms with E-state index in [1.54, 1.807) is 12.3 Å². The number of nitrogens with two attached hydrogens (primary N) is 1. The van der Waals surface area contributed by atoms with Gasteiger partial charge < -0.3 is 9.72 Å². The van der Waals surface area contributed by atoms with Crippen molar-refractivity contribution in [2.24, 2.45) is 5.84 Å². The Balaban J connectivity index is 1.74. The van der Waals surface area contributed by atoms with E-state index in [4.69, 9.17) is 10.6 Å². The number of ether oxygens (including phenoxy) is 1. The third-order valence-electron chi connectivity index (χ3n) is 4.94. The van der Waals surface area contributed by atoms with Crippen LogP contribution in [0.3, 0.4) is 0 Å². The van der Waals surface area contributed by atoms with Crippen LogP contribution in [0.25, 0.3) is 28.1 Å². The predicted octanol–water partition coefficient (Wildman–Crippen LogP) is 4.26. The van der Waals surface area contributed by atoms with Gasteiger partial charge in [0.2, 0.25) is 0 Å². The molecule has 6 heteroatoms. The number of benzene rings is 2. The summed E-state index contributed by atoms with van der Waals surface area (Å²) < 4.78 is 6.09. The third-order valence-corrected chi connectivity index (χ3v) is 4.94. The number of rotatable bonds is 5. The van der Waals surface area contributed by atoms with Crippen molar-refractivity contribution in [3.05, 3.63) is 89.6 Å². The van der Waals surface area contributed by atoms with E-state index in [1.807, 2.05) is 74.8 Å². The molecule has 0 saturated heterocycles. The second-order valence-corrected chi connectivity index (χ2v) is 7.05. The highest BCUT2D eigenvalue weighted by atomic mass is 16.5. The first kappa shape index (κ1) is 19.4. The van der Waals surface area contributed by atoms with Crippen molar-refractivity contribution >= 4 is 22.9 Å². The minimum absolute atomic E-state index is 0.117. The van der Waals surface area contributed by atoms with Gasteiger partial charge in [0.25, 0.3) is 0 Å². The van der Waals surface area contributed by atoms with Gasteiger partial charge in [-0.05, 0) is 72.5 Å². The number of pyridine rings is 1. The topological polar surface area (TPSA) is 93.0 Å². The van der Waals surface area contributed by atoms with E-state index in [0.717, 1.165) is 38.7 Å². The van der Waals surface area contributed by atoms with Crippen molar-refractivity contribution in [3.8, 4) is 16.9 Å². The summed E-state index contributed by atoms with van der Waals surface area (Å²) in [6.45, 7) is 3.90. The standard InChI is InChI=1S/C24H22N4O2/c1-15-11-19(18-6-4-9-26-14-18)12-16(2)23(15)30-22(24(29)28-25)13-17-5-3-7-21-20(17)8-10-27-21/h3-14,27H,25H2,1-2H3,(H,28,29). The van der Waals surface area contributed by atoms with Gasteiger partial charge in [-0.3, -0.25) is 15.2 Å². The number of nitrogens with zero attached hydrogens (tertiary/aromatic N) is 1. The van der Waals surface area contributed by atoms with E-state index >= 15 is 0 Å². The maximum Gasteiger partial charge on any atom is 0.300 e. The van der Waals surface area contributed by atoms with Crippen LogP contribution in [0.15, 0.2) is 72.9 Å². The zero-order valence-corrected chi connectivity index (χ0v) is 16.8. The molecule has 2 aromatic heterocycles. The molecule has 1 amide bonds. The monoisotopic (exact) mass is 398 g/mol. The number of aromatic amines is 1. The third kappa shape index (κ3) is 3.81. The Morgan fingerprint density at radius 3 is 2.60 bits per heavy atom. The number of aryl methyl sites for hydroxylation is 2. The molecule has 0 aliphatic heterocycles. The number of hydrazine groups is 1. The highest BCUT2D eigenvalue weighted by Crippen LogP contribution is 2.31. The van der Waals surface area contributed by atoms with Crippen LogP contribution in [-0.2, 0) is 4.79 Å². The van der Waals surface area contributed by atoms with Crippen LogP contribution in [0.2, 0.25) is 0 Å². The molecule has 30 heavy (non-hydrogen) atoms. The average molecular weight is 398 g/mol. The van der Waals surface area contributed by atoms with Gasteiger partial charge >= 0.3 is 5.91 Å². The lowest BCUT2D eigenvalue weighted by molar-refractivity contribution is -0.119. The van der Waals surface area contributed by atoms with Gasteiger partial charge in [0, 0.05) is 35.1 Å². The van der Waals surface area contributed by atoms with Crippen molar-refractivity contribution in [3.63, 3.8) is 0 Å². The van der Waals surface area contributed by atoms with Crippen LogP contribution in [0.1, 0.15) is 16.7 Å². The summed E-state index contributed by atoms with van der Waals surface area (Å²) in [5.41, 5.74) is 7.88. The fourth-order valence-corrected chi connectivity index (χ4v) is 3.51. The molecule has 6 nitrogen and oxygen atoms in total. The summed E-state index contributed by atoms with van der Waals surface area (Å²) in [5, 5.41) is 0.990. The molecule has 0 atom stereocenters. The van der Waals surface area contributed by atoms with E-state index in [-0.39, 0.29) is 5.76 Å². The van der Waals surface area contributed by atoms with E-state index in [9.17, 15) is 4.79 Å². The normalized spacial score (nSPS) is 11.5. The Labute approximate surface area is 174 Å². The molecule has 150 valence electrons. The van der Waals surface area contributed by atoms with Crippen LogP contribution < -0.4 is 16.0 Å². The molecule has 0 aliphatic rings. The Kier molecular flexibility index (Phi) is 5.32. The van der Waals surface area contributed by atoms with Gasteiger partial charge in [-0.15, -0.1) is 0 Å². The van der Waals surface area contributed by atoms with Crippen LogP contribution in [0.5, 0.6) is 5.75 Å². The minimum Gasteiger partial charge on any atom is -0.451 e. The number of fused-ring (bicyclic) bond motifs is 1. The lowest BCUT2D eigenvalue weighted by Crippen LogP contribution is -2.33. The number of hydrogen-bond donors (Lipinski definition) is 3. The van der Waals surface area contributed by atoms with E-state index in [0.29, 0.717) is 5.75 Å². The largest absolute Gasteiger partial charge is 0.451 e. The lowest BCUT2D eigenvalue weighted by atomic mass is 10.0. The first-order chi connectivity index (χ1) is 14.6. The number of hydrogen-bond acceptors (Lipinski definition) is 4. The SMILES string of the molecule is Cc1cc(-c2cccnc2)cc(C)c1OC(=Cc1cccc2[nH]ccc12)C(=O)NN. The number of nitrogens with one attached hydrogen (secondary N) is 2. The Hall–Kier alpha value is -3.90. The number of aromatic nitrogens is 2. The summed E-state index contributed by atoms with van der Waals surface area (Å²) in [6.07, 6.45) is 7.12. The molecule has 0 aliphatic carbocycles. The molecule has 0 saturated carbocycles. The minimum atomic E-state index is -0.502. The van der Waals surface area contributed by atoms with Crippen LogP contribution >= 0.6 is 0 Å². The highest BCUT2D eigenvalue weighted by molar-refractivity contribution is 5.99. The zero-order chi connectivity index (χ0) is 21.1. The van der Waals surface area contributed by atoms with Crippen molar-refractivity contribution in [1.82, 2.24) is 15.4 Å². The Morgan fingerprint density at radius 2 is 1.90 bits per heavy atom. The van der Waals surface area contributed by atoms with Crippen LogP contribution in [0, 0.1) is 13.8 Å². The number of amides is 1. The quantitative estimate of drug-likeness (QED) is 0.154. The summed E-state index contributed by atoms with van der Waals surface area (Å²) in [4.78, 5) is 19.8. The number of H-pyrrole nitrogens is 1. The number of carbonyl (C=O) groups is 1. The van der Waals surface area contributed by atoms with E-state index in [1.165, 1.54) is 0 Å². The van der Waals surface area contributed by atoms with Gasteiger partial charge in [0.15, 0.2) is 5.76 Å². The molecule has 2 heterocycles. The van der Waals surface area contributed by atoms with Crippen LogP contribution in [0.4, 0.5) is 0 Å². The summed E-state index contributed by atoms with van der Waals surface area (Å²) >= 11 is 0. The molecule has 0 bridgehead atoms. The van der Waals surface area contributed by atoms with Crippen molar-refractivity contribution in [2.75, 3.05) is 0 Å². The first-order valence-corrected chi connectivity index (χ1v) is 9.55. The molecule has 0 radical (unpaired) electrons. The predicted molar refractivity (Wildman–Crippen MR) is 118 cm³/mol. The van der Waals surface area contributed by atoms with Crippen molar-refractivity contribution < 1.29 is 9.53 Å². The fraction of sp³-hybridized carbons (Fsp3) is 0.0833. The zero-order valence-electron chi connectivity index (χ0n) is 16.8. The smallest absolute Gasteiger partial charge is 0.300 e. The van der Waals surface area contributed by atoms with E-state index < -0.39 is 5.91 Å². The molecule has 4 N–H and O–H groups in total. The van der Waals surface area contributed by atoms with Gasteiger partial charge in [-0.2, -0.15) is 0 Å². The maximum atomic E-state index is 12.5. The fourth-order valence-electron chi connectivity index (χ4n) is 3.51. The summed E-state index contributed by atoms with van der Waals surface area (Å²) in [6, 6.07) is 15.7. The molecule has 0 unspecified atom stereocenters. The highest BCUT2D eigenvalue weighted by Gasteiger charge is 2.16. The molecule has 4 rings (SSSR count). The molecule has 0 spiro atoms. The van der Waals surface area contributed by atoms with Gasteiger partial charge in [0.05, 0.1) is 0 Å².